The number of ether oxygens (including phenoxy) is 2. The molecule has 26 heavy (non-hydrogen) atoms. The number of sulfonamides is 1. The van der Waals surface area contributed by atoms with Crippen LogP contribution in [0, 0.1) is 0 Å². The molecule has 0 bridgehead atoms. The van der Waals surface area contributed by atoms with Crippen LogP contribution in [0.2, 0.25) is 5.02 Å². The Hall–Kier alpha value is -1.96. The van der Waals surface area contributed by atoms with Gasteiger partial charge in [-0.05, 0) is 30.3 Å². The van der Waals surface area contributed by atoms with E-state index < -0.39 is 10.0 Å². The molecule has 0 unspecified atom stereocenters. The highest BCUT2D eigenvalue weighted by molar-refractivity contribution is 7.89. The highest BCUT2D eigenvalue weighted by Gasteiger charge is 2.29. The van der Waals surface area contributed by atoms with Crippen LogP contribution in [0.3, 0.4) is 0 Å². The highest BCUT2D eigenvalue weighted by Crippen LogP contribution is 2.31. The second-order valence-corrected chi connectivity index (χ2v) is 8.26. The predicted octanol–water partition coefficient (Wildman–Crippen LogP) is 2.87. The minimum atomic E-state index is -3.59. The molecule has 8 heteroatoms. The Bertz CT molecular complexity index is 881. The van der Waals surface area contributed by atoms with Gasteiger partial charge in [0.05, 0.1) is 19.1 Å². The molecule has 0 N–H and O–H groups in total. The van der Waals surface area contributed by atoms with E-state index >= 15 is 0 Å². The molecule has 0 amide bonds. The molecule has 140 valence electrons. The number of hydrogen-bond acceptors (Lipinski definition) is 5. The van der Waals surface area contributed by atoms with Crippen molar-refractivity contribution < 1.29 is 17.9 Å². The highest BCUT2D eigenvalue weighted by atomic mass is 35.5. The lowest BCUT2D eigenvalue weighted by molar-refractivity contribution is 0.353. The number of benzene rings is 2. The fraction of sp³-hybridized carbons (Fsp3) is 0.333. The molecular weight excluding hydrogens is 376 g/mol. The van der Waals surface area contributed by atoms with Crippen molar-refractivity contribution in [3.8, 4) is 11.5 Å². The summed E-state index contributed by atoms with van der Waals surface area (Å²) in [6.45, 7) is 2.02. The fourth-order valence-corrected chi connectivity index (χ4v) is 4.61. The first-order valence-corrected chi connectivity index (χ1v) is 10.00. The monoisotopic (exact) mass is 396 g/mol. The Labute approximate surface area is 158 Å². The number of halogens is 1. The standard InChI is InChI=1S/C18H21ClN2O4S/c1-24-17-7-6-16(13-18(17)25-2)26(22,23)21-10-8-20(9-11-21)15-5-3-4-14(19)12-15/h3-7,12-13H,8-11H2,1-2H3. The number of anilines is 1. The number of nitrogens with zero attached hydrogens (tertiary/aromatic N) is 2. The van der Waals surface area contributed by atoms with E-state index in [1.54, 1.807) is 12.1 Å². The Morgan fingerprint density at radius 3 is 2.23 bits per heavy atom. The van der Waals surface area contributed by atoms with Gasteiger partial charge in [0.1, 0.15) is 0 Å². The van der Waals surface area contributed by atoms with E-state index in [-0.39, 0.29) is 4.90 Å². The average molecular weight is 397 g/mol. The smallest absolute Gasteiger partial charge is 0.243 e. The van der Waals surface area contributed by atoms with Gasteiger partial charge in [0.15, 0.2) is 11.5 Å². The first kappa shape index (κ1) is 18.8. The van der Waals surface area contributed by atoms with Crippen molar-refractivity contribution in [2.24, 2.45) is 0 Å². The summed E-state index contributed by atoms with van der Waals surface area (Å²) in [4.78, 5) is 2.33. The van der Waals surface area contributed by atoms with Crippen molar-refractivity contribution in [2.45, 2.75) is 4.90 Å². The molecule has 6 nitrogen and oxygen atoms in total. The topological polar surface area (TPSA) is 59.1 Å². The van der Waals surface area contributed by atoms with Crippen molar-refractivity contribution in [3.05, 3.63) is 47.5 Å². The van der Waals surface area contributed by atoms with Crippen LogP contribution in [0.1, 0.15) is 0 Å². The zero-order valence-corrected chi connectivity index (χ0v) is 16.3. The quantitative estimate of drug-likeness (QED) is 0.777. The molecule has 0 spiro atoms. The van der Waals surface area contributed by atoms with Gasteiger partial charge in [-0.2, -0.15) is 4.31 Å². The van der Waals surface area contributed by atoms with Crippen molar-refractivity contribution in [3.63, 3.8) is 0 Å². The molecule has 3 rings (SSSR count). The van der Waals surface area contributed by atoms with E-state index in [2.05, 4.69) is 4.90 Å². The van der Waals surface area contributed by atoms with Crippen LogP contribution in [0.25, 0.3) is 0 Å². The Kier molecular flexibility index (Phi) is 5.60. The first-order valence-electron chi connectivity index (χ1n) is 8.18. The number of rotatable bonds is 5. The Morgan fingerprint density at radius 2 is 1.62 bits per heavy atom. The van der Waals surface area contributed by atoms with E-state index in [0.717, 1.165) is 5.69 Å². The minimum Gasteiger partial charge on any atom is -0.493 e. The molecule has 0 radical (unpaired) electrons. The van der Waals surface area contributed by atoms with Crippen LogP contribution >= 0.6 is 11.6 Å². The lowest BCUT2D eigenvalue weighted by Gasteiger charge is -2.35. The third-order valence-corrected chi connectivity index (χ3v) is 6.53. The fourth-order valence-electron chi connectivity index (χ4n) is 2.99. The zero-order valence-electron chi connectivity index (χ0n) is 14.7. The van der Waals surface area contributed by atoms with Crippen molar-refractivity contribution >= 4 is 27.3 Å². The van der Waals surface area contributed by atoms with Crippen LogP contribution < -0.4 is 14.4 Å². The van der Waals surface area contributed by atoms with Crippen molar-refractivity contribution in [1.82, 2.24) is 4.31 Å². The molecule has 0 atom stereocenters. The molecule has 1 aliphatic heterocycles. The molecule has 2 aromatic rings. The van der Waals surface area contributed by atoms with Crippen LogP contribution in [0.5, 0.6) is 11.5 Å². The first-order chi connectivity index (χ1) is 12.5. The number of methoxy groups -OCH3 is 2. The lowest BCUT2D eigenvalue weighted by atomic mass is 10.2. The molecule has 1 fully saturated rings. The summed E-state index contributed by atoms with van der Waals surface area (Å²) < 4.78 is 37.8. The van der Waals surface area contributed by atoms with Crippen LogP contribution in [0.4, 0.5) is 5.69 Å². The molecule has 1 aliphatic rings. The van der Waals surface area contributed by atoms with Gasteiger partial charge in [0.2, 0.25) is 10.0 Å². The normalized spacial score (nSPS) is 15.7. The van der Waals surface area contributed by atoms with E-state index in [1.807, 2.05) is 24.3 Å². The Morgan fingerprint density at radius 1 is 0.923 bits per heavy atom. The van der Waals surface area contributed by atoms with Crippen molar-refractivity contribution in [1.29, 1.82) is 0 Å². The van der Waals surface area contributed by atoms with Gasteiger partial charge < -0.3 is 14.4 Å². The van der Waals surface area contributed by atoms with Gasteiger partial charge in [0, 0.05) is 43.0 Å². The molecular formula is C18H21ClN2O4S. The maximum Gasteiger partial charge on any atom is 0.243 e. The summed E-state index contributed by atoms with van der Waals surface area (Å²) in [5.74, 6) is 0.892. The lowest BCUT2D eigenvalue weighted by Crippen LogP contribution is -2.48. The third-order valence-electron chi connectivity index (χ3n) is 4.40. The minimum absolute atomic E-state index is 0.200. The van der Waals surface area contributed by atoms with Crippen LogP contribution in [0.15, 0.2) is 47.4 Å². The van der Waals surface area contributed by atoms with Gasteiger partial charge in [-0.3, -0.25) is 0 Å². The molecule has 0 saturated carbocycles. The van der Waals surface area contributed by atoms with E-state index in [1.165, 1.54) is 24.6 Å². The second-order valence-electron chi connectivity index (χ2n) is 5.89. The average Bonchev–Trinajstić information content (AvgIpc) is 2.67. The summed E-state index contributed by atoms with van der Waals surface area (Å²) in [5.41, 5.74) is 1.00. The van der Waals surface area contributed by atoms with E-state index in [9.17, 15) is 8.42 Å². The summed E-state index contributed by atoms with van der Waals surface area (Å²) in [6, 6.07) is 12.2. The number of piperazine rings is 1. The predicted molar refractivity (Wildman–Crippen MR) is 102 cm³/mol. The van der Waals surface area contributed by atoms with E-state index in [4.69, 9.17) is 21.1 Å². The van der Waals surface area contributed by atoms with Gasteiger partial charge in [-0.15, -0.1) is 0 Å². The number of hydrogen-bond donors (Lipinski definition) is 0. The zero-order chi connectivity index (χ0) is 18.7. The molecule has 0 aliphatic carbocycles. The van der Waals surface area contributed by atoms with Crippen molar-refractivity contribution in [2.75, 3.05) is 45.3 Å². The summed E-state index contributed by atoms with van der Waals surface area (Å²) in [7, 11) is -0.589. The molecule has 2 aromatic carbocycles. The van der Waals surface area contributed by atoms with Gasteiger partial charge in [-0.1, -0.05) is 17.7 Å². The van der Waals surface area contributed by atoms with E-state index in [0.29, 0.717) is 42.7 Å². The SMILES string of the molecule is COc1ccc(S(=O)(=O)N2CCN(c3cccc(Cl)c3)CC2)cc1OC. The van der Waals surface area contributed by atoms with Gasteiger partial charge in [-0.25, -0.2) is 8.42 Å². The maximum atomic E-state index is 12.9. The summed E-state index contributed by atoms with van der Waals surface area (Å²) >= 11 is 6.04. The second kappa shape index (κ2) is 7.73. The van der Waals surface area contributed by atoms with Crippen LogP contribution in [-0.2, 0) is 10.0 Å². The largest absolute Gasteiger partial charge is 0.493 e. The molecule has 1 heterocycles. The van der Waals surface area contributed by atoms with Gasteiger partial charge >= 0.3 is 0 Å². The maximum absolute atomic E-state index is 12.9. The Balaban J connectivity index is 1.76. The van der Waals surface area contributed by atoms with Crippen LogP contribution in [-0.4, -0.2) is 53.1 Å². The summed E-state index contributed by atoms with van der Waals surface area (Å²) in [5, 5.41) is 0.669. The van der Waals surface area contributed by atoms with Gasteiger partial charge in [0.25, 0.3) is 0 Å². The third kappa shape index (κ3) is 3.75. The summed E-state index contributed by atoms with van der Waals surface area (Å²) in [6.07, 6.45) is 0. The molecule has 0 aromatic heterocycles. The molecule has 1 saturated heterocycles.